The first-order chi connectivity index (χ1) is 10.1. The zero-order chi connectivity index (χ0) is 15.2. The molecule has 0 aliphatic rings. The highest BCUT2D eigenvalue weighted by molar-refractivity contribution is 7.14. The first kappa shape index (κ1) is 15.2. The standard InChI is InChI=1S/C15H17N3O2S/c1-3-14(20)18-15-17-13(9-21-15)12-6-4-11(5-7-12)8-16-10(2)19/h4-7,9H,3,8H2,1-2H3,(H,16,19)(H,17,18,20). The van der Waals surface area contributed by atoms with Crippen molar-refractivity contribution in [3.05, 3.63) is 35.2 Å². The summed E-state index contributed by atoms with van der Waals surface area (Å²) in [5, 5.41) is 8.02. The number of thiazole rings is 1. The molecule has 0 saturated carbocycles. The van der Waals surface area contributed by atoms with Crippen LogP contribution in [-0.4, -0.2) is 16.8 Å². The topological polar surface area (TPSA) is 71.1 Å². The number of anilines is 1. The monoisotopic (exact) mass is 303 g/mol. The SMILES string of the molecule is CCC(=O)Nc1nc(-c2ccc(CNC(C)=O)cc2)cs1. The van der Waals surface area contributed by atoms with E-state index in [0.29, 0.717) is 18.1 Å². The van der Waals surface area contributed by atoms with Gasteiger partial charge in [-0.15, -0.1) is 11.3 Å². The predicted molar refractivity (Wildman–Crippen MR) is 84.0 cm³/mol. The fourth-order valence-corrected chi connectivity index (χ4v) is 2.43. The van der Waals surface area contributed by atoms with Gasteiger partial charge in [0.05, 0.1) is 5.69 Å². The maximum atomic E-state index is 11.3. The van der Waals surface area contributed by atoms with Gasteiger partial charge in [0.2, 0.25) is 11.8 Å². The van der Waals surface area contributed by atoms with Gasteiger partial charge in [-0.25, -0.2) is 4.98 Å². The van der Waals surface area contributed by atoms with Crippen LogP contribution >= 0.6 is 11.3 Å². The smallest absolute Gasteiger partial charge is 0.225 e. The molecule has 0 fully saturated rings. The van der Waals surface area contributed by atoms with Gasteiger partial charge in [-0.2, -0.15) is 0 Å². The van der Waals surface area contributed by atoms with E-state index in [-0.39, 0.29) is 11.8 Å². The number of carbonyl (C=O) groups is 2. The fraction of sp³-hybridized carbons (Fsp3) is 0.267. The molecule has 1 aromatic heterocycles. The molecule has 0 aliphatic carbocycles. The highest BCUT2D eigenvalue weighted by atomic mass is 32.1. The zero-order valence-electron chi connectivity index (χ0n) is 12.0. The van der Waals surface area contributed by atoms with Crippen LogP contribution in [0.5, 0.6) is 0 Å². The van der Waals surface area contributed by atoms with Crippen molar-refractivity contribution in [2.45, 2.75) is 26.8 Å². The predicted octanol–water partition coefficient (Wildman–Crippen LogP) is 2.79. The van der Waals surface area contributed by atoms with Crippen molar-refractivity contribution in [2.75, 3.05) is 5.32 Å². The van der Waals surface area contributed by atoms with Crippen LogP contribution in [0, 0.1) is 0 Å². The van der Waals surface area contributed by atoms with E-state index in [2.05, 4.69) is 15.6 Å². The lowest BCUT2D eigenvalue weighted by atomic mass is 10.1. The van der Waals surface area contributed by atoms with Gasteiger partial charge in [0.25, 0.3) is 0 Å². The van der Waals surface area contributed by atoms with Gasteiger partial charge < -0.3 is 10.6 Å². The van der Waals surface area contributed by atoms with E-state index in [1.54, 1.807) is 6.92 Å². The summed E-state index contributed by atoms with van der Waals surface area (Å²) in [7, 11) is 0. The molecule has 0 unspecified atom stereocenters. The van der Waals surface area contributed by atoms with Crippen LogP contribution < -0.4 is 10.6 Å². The van der Waals surface area contributed by atoms with Crippen molar-refractivity contribution < 1.29 is 9.59 Å². The van der Waals surface area contributed by atoms with Crippen molar-refractivity contribution >= 4 is 28.3 Å². The molecule has 2 aromatic rings. The van der Waals surface area contributed by atoms with Crippen molar-refractivity contribution in [3.63, 3.8) is 0 Å². The van der Waals surface area contributed by atoms with Crippen molar-refractivity contribution in [1.82, 2.24) is 10.3 Å². The van der Waals surface area contributed by atoms with Gasteiger partial charge in [0.1, 0.15) is 0 Å². The normalized spacial score (nSPS) is 10.2. The molecule has 6 heteroatoms. The molecule has 0 atom stereocenters. The third-order valence-electron chi connectivity index (χ3n) is 2.86. The van der Waals surface area contributed by atoms with Crippen molar-refractivity contribution in [2.24, 2.45) is 0 Å². The summed E-state index contributed by atoms with van der Waals surface area (Å²) in [6.45, 7) is 3.82. The molecule has 1 heterocycles. The Balaban J connectivity index is 2.05. The summed E-state index contributed by atoms with van der Waals surface area (Å²) < 4.78 is 0. The first-order valence-corrected chi connectivity index (χ1v) is 7.55. The maximum absolute atomic E-state index is 11.3. The van der Waals surface area contributed by atoms with E-state index in [1.165, 1.54) is 18.3 Å². The third-order valence-corrected chi connectivity index (χ3v) is 3.62. The van der Waals surface area contributed by atoms with Gasteiger partial charge in [0.15, 0.2) is 5.13 Å². The summed E-state index contributed by atoms with van der Waals surface area (Å²) in [5.41, 5.74) is 2.84. The van der Waals surface area contributed by atoms with Crippen LogP contribution in [0.3, 0.4) is 0 Å². The van der Waals surface area contributed by atoms with Gasteiger partial charge >= 0.3 is 0 Å². The number of carbonyl (C=O) groups excluding carboxylic acids is 2. The number of benzene rings is 1. The Morgan fingerprint density at radius 2 is 1.95 bits per heavy atom. The summed E-state index contributed by atoms with van der Waals surface area (Å²) in [5.74, 6) is -0.0866. The Morgan fingerprint density at radius 3 is 2.57 bits per heavy atom. The maximum Gasteiger partial charge on any atom is 0.225 e. The number of rotatable bonds is 5. The van der Waals surface area contributed by atoms with Crippen LogP contribution in [0.2, 0.25) is 0 Å². The minimum Gasteiger partial charge on any atom is -0.352 e. The van der Waals surface area contributed by atoms with Gasteiger partial charge in [-0.1, -0.05) is 31.2 Å². The highest BCUT2D eigenvalue weighted by Crippen LogP contribution is 2.25. The van der Waals surface area contributed by atoms with Gasteiger partial charge in [0, 0.05) is 30.8 Å². The summed E-state index contributed by atoms with van der Waals surface area (Å²) in [6.07, 6.45) is 0.437. The number of amides is 2. The number of nitrogens with zero attached hydrogens (tertiary/aromatic N) is 1. The molecule has 5 nitrogen and oxygen atoms in total. The molecule has 0 aliphatic heterocycles. The molecule has 2 rings (SSSR count). The summed E-state index contributed by atoms with van der Waals surface area (Å²) >= 11 is 1.41. The minimum atomic E-state index is -0.0464. The molecule has 0 radical (unpaired) electrons. The Bertz CT molecular complexity index is 635. The van der Waals surface area contributed by atoms with E-state index in [9.17, 15) is 9.59 Å². The molecule has 110 valence electrons. The van der Waals surface area contributed by atoms with E-state index in [1.807, 2.05) is 29.6 Å². The number of hydrogen-bond acceptors (Lipinski definition) is 4. The summed E-state index contributed by atoms with van der Waals surface area (Å²) in [6, 6.07) is 7.82. The van der Waals surface area contributed by atoms with Gasteiger partial charge in [-0.3, -0.25) is 9.59 Å². The lowest BCUT2D eigenvalue weighted by Crippen LogP contribution is -2.18. The highest BCUT2D eigenvalue weighted by Gasteiger charge is 2.07. The molecule has 1 aromatic carbocycles. The molecular weight excluding hydrogens is 286 g/mol. The van der Waals surface area contributed by atoms with Crippen LogP contribution in [0.15, 0.2) is 29.6 Å². The van der Waals surface area contributed by atoms with Gasteiger partial charge in [-0.05, 0) is 5.56 Å². The lowest BCUT2D eigenvalue weighted by molar-refractivity contribution is -0.119. The Morgan fingerprint density at radius 1 is 1.24 bits per heavy atom. The number of hydrogen-bond donors (Lipinski definition) is 2. The van der Waals surface area contributed by atoms with Crippen LogP contribution in [0.1, 0.15) is 25.8 Å². The molecule has 0 bridgehead atoms. The quantitative estimate of drug-likeness (QED) is 0.892. The van der Waals surface area contributed by atoms with E-state index in [4.69, 9.17) is 0 Å². The van der Waals surface area contributed by atoms with E-state index in [0.717, 1.165) is 16.8 Å². The number of aromatic nitrogens is 1. The third kappa shape index (κ3) is 4.39. The second-order valence-electron chi connectivity index (χ2n) is 4.55. The average Bonchev–Trinajstić information content (AvgIpc) is 2.94. The number of nitrogens with one attached hydrogen (secondary N) is 2. The molecule has 0 spiro atoms. The average molecular weight is 303 g/mol. The fourth-order valence-electron chi connectivity index (χ4n) is 1.69. The molecular formula is C15H17N3O2S. The van der Waals surface area contributed by atoms with Crippen molar-refractivity contribution in [3.8, 4) is 11.3 Å². The van der Waals surface area contributed by atoms with E-state index < -0.39 is 0 Å². The largest absolute Gasteiger partial charge is 0.352 e. The molecule has 2 amide bonds. The lowest BCUT2D eigenvalue weighted by Gasteiger charge is -2.03. The Kier molecular flexibility index (Phi) is 5.05. The summed E-state index contributed by atoms with van der Waals surface area (Å²) in [4.78, 5) is 26.6. The molecule has 0 saturated heterocycles. The second-order valence-corrected chi connectivity index (χ2v) is 5.40. The van der Waals surface area contributed by atoms with Crippen LogP contribution in [-0.2, 0) is 16.1 Å². The van der Waals surface area contributed by atoms with Crippen LogP contribution in [0.25, 0.3) is 11.3 Å². The van der Waals surface area contributed by atoms with Crippen molar-refractivity contribution in [1.29, 1.82) is 0 Å². The molecule has 21 heavy (non-hydrogen) atoms. The minimum absolute atomic E-state index is 0.0402. The molecule has 2 N–H and O–H groups in total. The Labute approximate surface area is 127 Å². The zero-order valence-corrected chi connectivity index (χ0v) is 12.8. The Hall–Kier alpha value is -2.21. The first-order valence-electron chi connectivity index (χ1n) is 6.67. The van der Waals surface area contributed by atoms with E-state index >= 15 is 0 Å². The van der Waals surface area contributed by atoms with Crippen LogP contribution in [0.4, 0.5) is 5.13 Å². The second kappa shape index (κ2) is 6.99.